The Morgan fingerprint density at radius 2 is 1.93 bits per heavy atom. The van der Waals surface area contributed by atoms with Crippen LogP contribution in [0.4, 0.5) is 9.93 Å². The number of amides is 1. The topological polar surface area (TPSA) is 67.8 Å². The maximum absolute atomic E-state index is 12.3. The van der Waals surface area contributed by atoms with Crippen molar-refractivity contribution in [2.75, 3.05) is 31.1 Å². The second kappa shape index (κ2) is 8.34. The van der Waals surface area contributed by atoms with Crippen LogP contribution in [0.5, 0.6) is 5.75 Å². The van der Waals surface area contributed by atoms with Crippen molar-refractivity contribution in [3.8, 4) is 16.3 Å². The van der Waals surface area contributed by atoms with Crippen molar-refractivity contribution in [2.24, 2.45) is 0 Å². The van der Waals surface area contributed by atoms with E-state index >= 15 is 0 Å². The molecule has 1 aliphatic rings. The van der Waals surface area contributed by atoms with Crippen LogP contribution >= 0.6 is 11.3 Å². The minimum atomic E-state index is -0.483. The van der Waals surface area contributed by atoms with Gasteiger partial charge in [0.05, 0.1) is 6.61 Å². The summed E-state index contributed by atoms with van der Waals surface area (Å²) in [6.45, 7) is 12.3. The van der Waals surface area contributed by atoms with Gasteiger partial charge in [-0.2, -0.15) is 0 Å². The molecule has 0 aliphatic carbocycles. The fourth-order valence-corrected chi connectivity index (χ4v) is 4.02. The van der Waals surface area contributed by atoms with Crippen LogP contribution in [-0.4, -0.2) is 59.1 Å². The maximum atomic E-state index is 12.3. The molecule has 1 aromatic heterocycles. The van der Waals surface area contributed by atoms with E-state index in [0.717, 1.165) is 21.5 Å². The molecule has 152 valence electrons. The standard InChI is InChI=1S/C20H28N4O3S/c1-6-26-16-9-7-15(8-10-16)17-21-22-18(28-17)24-12-11-23(13-14(24)2)19(25)27-20(3,4)5/h7-10,14H,6,11-13H2,1-5H3/t14-/m0/s1. The molecule has 0 N–H and O–H groups in total. The molecule has 1 saturated heterocycles. The van der Waals surface area contributed by atoms with Crippen LogP contribution in [-0.2, 0) is 4.74 Å². The van der Waals surface area contributed by atoms with Gasteiger partial charge in [-0.15, -0.1) is 10.2 Å². The first-order valence-electron chi connectivity index (χ1n) is 9.58. The highest BCUT2D eigenvalue weighted by Crippen LogP contribution is 2.31. The third-order valence-corrected chi connectivity index (χ3v) is 5.36. The van der Waals surface area contributed by atoms with Crippen molar-refractivity contribution in [3.05, 3.63) is 24.3 Å². The largest absolute Gasteiger partial charge is 0.494 e. The minimum absolute atomic E-state index is 0.141. The molecular formula is C20H28N4O3S. The number of carbonyl (C=O) groups is 1. The number of hydrogen-bond donors (Lipinski definition) is 0. The summed E-state index contributed by atoms with van der Waals surface area (Å²) in [4.78, 5) is 16.3. The van der Waals surface area contributed by atoms with Gasteiger partial charge < -0.3 is 19.3 Å². The van der Waals surface area contributed by atoms with E-state index in [2.05, 4.69) is 22.0 Å². The van der Waals surface area contributed by atoms with E-state index < -0.39 is 5.60 Å². The Morgan fingerprint density at radius 1 is 1.21 bits per heavy atom. The molecule has 1 fully saturated rings. The Kier molecular flexibility index (Phi) is 6.07. The average molecular weight is 405 g/mol. The lowest BCUT2D eigenvalue weighted by Crippen LogP contribution is -2.54. The number of benzene rings is 1. The summed E-state index contributed by atoms with van der Waals surface area (Å²) in [5.41, 5.74) is 0.538. The van der Waals surface area contributed by atoms with Gasteiger partial charge in [0.1, 0.15) is 16.4 Å². The summed E-state index contributed by atoms with van der Waals surface area (Å²) in [7, 11) is 0. The molecule has 1 aliphatic heterocycles. The summed E-state index contributed by atoms with van der Waals surface area (Å²) in [5.74, 6) is 0.850. The first kappa shape index (κ1) is 20.4. The molecule has 1 atom stereocenters. The number of rotatable bonds is 4. The fourth-order valence-electron chi connectivity index (χ4n) is 3.04. The van der Waals surface area contributed by atoms with E-state index in [-0.39, 0.29) is 12.1 Å². The number of anilines is 1. The highest BCUT2D eigenvalue weighted by Gasteiger charge is 2.31. The Hall–Kier alpha value is -2.35. The molecule has 3 rings (SSSR count). The SMILES string of the molecule is CCOc1ccc(-c2nnc(N3CCN(C(=O)OC(C)(C)C)C[C@@H]3C)s2)cc1. The van der Waals surface area contributed by atoms with E-state index in [9.17, 15) is 4.79 Å². The number of hydrogen-bond acceptors (Lipinski definition) is 7. The fraction of sp³-hybridized carbons (Fsp3) is 0.550. The van der Waals surface area contributed by atoms with Crippen LogP contribution in [0.3, 0.4) is 0 Å². The molecule has 1 amide bonds. The molecule has 7 nitrogen and oxygen atoms in total. The molecule has 2 aromatic rings. The molecule has 8 heteroatoms. The molecule has 0 spiro atoms. The summed E-state index contributed by atoms with van der Waals surface area (Å²) in [5, 5.41) is 10.5. The van der Waals surface area contributed by atoms with Crippen molar-refractivity contribution in [2.45, 2.75) is 46.3 Å². The van der Waals surface area contributed by atoms with Crippen molar-refractivity contribution in [1.29, 1.82) is 0 Å². The van der Waals surface area contributed by atoms with Gasteiger partial charge in [-0.05, 0) is 58.9 Å². The zero-order valence-electron chi connectivity index (χ0n) is 17.1. The lowest BCUT2D eigenvalue weighted by Gasteiger charge is -2.39. The maximum Gasteiger partial charge on any atom is 0.410 e. The second-order valence-electron chi connectivity index (χ2n) is 7.82. The molecular weight excluding hydrogens is 376 g/mol. The predicted octanol–water partition coefficient (Wildman–Crippen LogP) is 4.05. The van der Waals surface area contributed by atoms with Gasteiger partial charge in [0, 0.05) is 31.2 Å². The Bertz CT molecular complexity index is 801. The number of nitrogens with zero attached hydrogens (tertiary/aromatic N) is 4. The van der Waals surface area contributed by atoms with Gasteiger partial charge in [0.25, 0.3) is 0 Å². The number of aromatic nitrogens is 2. The van der Waals surface area contributed by atoms with Crippen LogP contribution in [0.1, 0.15) is 34.6 Å². The minimum Gasteiger partial charge on any atom is -0.494 e. The van der Waals surface area contributed by atoms with Crippen LogP contribution < -0.4 is 9.64 Å². The van der Waals surface area contributed by atoms with Gasteiger partial charge in [-0.1, -0.05) is 11.3 Å². The molecule has 0 unspecified atom stereocenters. The van der Waals surface area contributed by atoms with Crippen molar-refractivity contribution in [1.82, 2.24) is 15.1 Å². The summed E-state index contributed by atoms with van der Waals surface area (Å²) >= 11 is 1.56. The van der Waals surface area contributed by atoms with E-state index in [4.69, 9.17) is 9.47 Å². The third-order valence-electron chi connectivity index (χ3n) is 4.35. The van der Waals surface area contributed by atoms with Crippen molar-refractivity contribution in [3.63, 3.8) is 0 Å². The zero-order chi connectivity index (χ0) is 20.3. The van der Waals surface area contributed by atoms with E-state index in [1.165, 1.54) is 0 Å². The average Bonchev–Trinajstić information content (AvgIpc) is 3.11. The first-order valence-corrected chi connectivity index (χ1v) is 10.4. The predicted molar refractivity (Wildman–Crippen MR) is 111 cm³/mol. The van der Waals surface area contributed by atoms with Crippen molar-refractivity contribution >= 4 is 22.6 Å². The van der Waals surface area contributed by atoms with Crippen LogP contribution in [0, 0.1) is 0 Å². The van der Waals surface area contributed by atoms with Crippen LogP contribution in [0.15, 0.2) is 24.3 Å². The molecule has 0 saturated carbocycles. The van der Waals surface area contributed by atoms with E-state index in [1.54, 1.807) is 16.2 Å². The molecule has 1 aromatic carbocycles. The summed E-state index contributed by atoms with van der Waals surface area (Å²) < 4.78 is 11.0. The van der Waals surface area contributed by atoms with Gasteiger partial charge in [-0.3, -0.25) is 0 Å². The number of carbonyl (C=O) groups excluding carboxylic acids is 1. The molecule has 2 heterocycles. The summed E-state index contributed by atoms with van der Waals surface area (Å²) in [6.07, 6.45) is -0.258. The lowest BCUT2D eigenvalue weighted by atomic mass is 10.2. The van der Waals surface area contributed by atoms with Crippen LogP contribution in [0.25, 0.3) is 10.6 Å². The van der Waals surface area contributed by atoms with Gasteiger partial charge in [0.2, 0.25) is 5.13 Å². The monoisotopic (exact) mass is 404 g/mol. The van der Waals surface area contributed by atoms with E-state index in [1.807, 2.05) is 52.0 Å². The summed E-state index contributed by atoms with van der Waals surface area (Å²) in [6, 6.07) is 8.03. The van der Waals surface area contributed by atoms with Crippen LogP contribution in [0.2, 0.25) is 0 Å². The third kappa shape index (κ3) is 4.92. The first-order chi connectivity index (χ1) is 13.3. The van der Waals surface area contributed by atoms with Gasteiger partial charge in [-0.25, -0.2) is 4.79 Å². The Labute approximate surface area is 170 Å². The Balaban J connectivity index is 1.65. The quantitative estimate of drug-likeness (QED) is 0.766. The highest BCUT2D eigenvalue weighted by molar-refractivity contribution is 7.18. The second-order valence-corrected chi connectivity index (χ2v) is 8.77. The molecule has 28 heavy (non-hydrogen) atoms. The number of ether oxygens (including phenoxy) is 2. The Morgan fingerprint density at radius 3 is 2.54 bits per heavy atom. The number of piperazine rings is 1. The zero-order valence-corrected chi connectivity index (χ0v) is 18.0. The lowest BCUT2D eigenvalue weighted by molar-refractivity contribution is 0.0218. The smallest absolute Gasteiger partial charge is 0.410 e. The van der Waals surface area contributed by atoms with Gasteiger partial charge >= 0.3 is 6.09 Å². The molecule has 0 radical (unpaired) electrons. The van der Waals surface area contributed by atoms with Gasteiger partial charge in [0.15, 0.2) is 0 Å². The van der Waals surface area contributed by atoms with E-state index in [0.29, 0.717) is 26.2 Å². The van der Waals surface area contributed by atoms with Crippen molar-refractivity contribution < 1.29 is 14.3 Å². The highest BCUT2D eigenvalue weighted by atomic mass is 32.1. The molecule has 0 bridgehead atoms. The normalized spacial score (nSPS) is 17.5.